The second-order valence-corrected chi connectivity index (χ2v) is 4.16. The lowest BCUT2D eigenvalue weighted by molar-refractivity contribution is -0.118. The van der Waals surface area contributed by atoms with Gasteiger partial charge in [0, 0.05) is 12.5 Å². The quantitative estimate of drug-likeness (QED) is 0.719. The van der Waals surface area contributed by atoms with Crippen molar-refractivity contribution < 1.29 is 4.79 Å². The summed E-state index contributed by atoms with van der Waals surface area (Å²) in [5, 5.41) is 3.37. The molecular formula is C13H20N2O. The fraction of sp³-hybridized carbons (Fsp3) is 0.462. The molecule has 1 atom stereocenters. The maximum atomic E-state index is 10.6. The second kappa shape index (κ2) is 6.28. The summed E-state index contributed by atoms with van der Waals surface area (Å²) in [7, 11) is 0. The number of nitrogens with one attached hydrogen (secondary N) is 1. The van der Waals surface area contributed by atoms with Crippen LogP contribution in [0.4, 0.5) is 0 Å². The Morgan fingerprint density at radius 1 is 1.50 bits per heavy atom. The van der Waals surface area contributed by atoms with Crippen molar-refractivity contribution in [3.05, 3.63) is 35.4 Å². The van der Waals surface area contributed by atoms with Crippen LogP contribution in [0.5, 0.6) is 0 Å². The summed E-state index contributed by atoms with van der Waals surface area (Å²) in [6.45, 7) is 5.03. The Balaban J connectivity index is 2.35. The molecule has 1 aromatic rings. The third kappa shape index (κ3) is 4.45. The van der Waals surface area contributed by atoms with Gasteiger partial charge in [-0.3, -0.25) is 4.79 Å². The standard InChI is InChI=1S/C13H20N2O/c1-10-5-3-6-12(9-10)11(2)15-8-4-7-13(14)16/h3,5-6,9,11,15H,4,7-8H2,1-2H3,(H2,14,16). The summed E-state index contributed by atoms with van der Waals surface area (Å²) in [4.78, 5) is 10.6. The van der Waals surface area contributed by atoms with E-state index in [-0.39, 0.29) is 5.91 Å². The molecule has 0 heterocycles. The highest BCUT2D eigenvalue weighted by Crippen LogP contribution is 2.13. The number of primary amides is 1. The number of aryl methyl sites for hydroxylation is 1. The van der Waals surface area contributed by atoms with Crippen LogP contribution in [-0.2, 0) is 4.79 Å². The number of hydrogen-bond donors (Lipinski definition) is 2. The van der Waals surface area contributed by atoms with Gasteiger partial charge in [-0.05, 0) is 32.4 Å². The predicted octanol–water partition coefficient (Wildman–Crippen LogP) is 1.91. The first kappa shape index (κ1) is 12.7. The number of amides is 1. The van der Waals surface area contributed by atoms with E-state index in [4.69, 9.17) is 5.73 Å². The molecule has 1 aromatic carbocycles. The van der Waals surface area contributed by atoms with E-state index < -0.39 is 0 Å². The molecule has 0 saturated heterocycles. The van der Waals surface area contributed by atoms with Gasteiger partial charge in [0.1, 0.15) is 0 Å². The third-order valence-electron chi connectivity index (χ3n) is 2.59. The van der Waals surface area contributed by atoms with Gasteiger partial charge in [0.05, 0.1) is 0 Å². The van der Waals surface area contributed by atoms with E-state index in [1.807, 2.05) is 0 Å². The smallest absolute Gasteiger partial charge is 0.217 e. The first-order chi connectivity index (χ1) is 7.59. The Kier molecular flexibility index (Phi) is 4.99. The zero-order chi connectivity index (χ0) is 12.0. The summed E-state index contributed by atoms with van der Waals surface area (Å²) >= 11 is 0. The van der Waals surface area contributed by atoms with Gasteiger partial charge < -0.3 is 11.1 Å². The van der Waals surface area contributed by atoms with Crippen LogP contribution in [0.1, 0.15) is 36.9 Å². The van der Waals surface area contributed by atoms with Crippen LogP contribution in [0, 0.1) is 6.92 Å². The van der Waals surface area contributed by atoms with Crippen LogP contribution in [0.15, 0.2) is 24.3 Å². The van der Waals surface area contributed by atoms with E-state index in [0.29, 0.717) is 12.5 Å². The first-order valence-electron chi connectivity index (χ1n) is 5.68. The van der Waals surface area contributed by atoms with Gasteiger partial charge >= 0.3 is 0 Å². The van der Waals surface area contributed by atoms with Crippen molar-refractivity contribution in [1.29, 1.82) is 0 Å². The van der Waals surface area contributed by atoms with Crippen molar-refractivity contribution in [2.45, 2.75) is 32.7 Å². The molecule has 3 N–H and O–H groups in total. The van der Waals surface area contributed by atoms with Gasteiger partial charge in [-0.1, -0.05) is 29.8 Å². The maximum Gasteiger partial charge on any atom is 0.217 e. The Morgan fingerprint density at radius 3 is 2.88 bits per heavy atom. The Labute approximate surface area is 97.0 Å². The summed E-state index contributed by atoms with van der Waals surface area (Å²) < 4.78 is 0. The Bertz CT molecular complexity index is 350. The lowest BCUT2D eigenvalue weighted by Gasteiger charge is -2.14. The SMILES string of the molecule is Cc1cccc(C(C)NCCCC(N)=O)c1. The zero-order valence-electron chi connectivity index (χ0n) is 9.99. The van der Waals surface area contributed by atoms with Crippen LogP contribution in [-0.4, -0.2) is 12.5 Å². The van der Waals surface area contributed by atoms with Gasteiger partial charge in [-0.2, -0.15) is 0 Å². The van der Waals surface area contributed by atoms with Crippen LogP contribution in [0.2, 0.25) is 0 Å². The lowest BCUT2D eigenvalue weighted by atomic mass is 10.1. The second-order valence-electron chi connectivity index (χ2n) is 4.16. The molecule has 0 radical (unpaired) electrons. The van der Waals surface area contributed by atoms with E-state index in [0.717, 1.165) is 13.0 Å². The highest BCUT2D eigenvalue weighted by Gasteiger charge is 2.04. The van der Waals surface area contributed by atoms with Crippen LogP contribution in [0.3, 0.4) is 0 Å². The van der Waals surface area contributed by atoms with Crippen LogP contribution < -0.4 is 11.1 Å². The molecular weight excluding hydrogens is 200 g/mol. The number of nitrogens with two attached hydrogens (primary N) is 1. The van der Waals surface area contributed by atoms with Crippen LogP contribution in [0.25, 0.3) is 0 Å². The molecule has 0 bridgehead atoms. The molecule has 1 rings (SSSR count). The average molecular weight is 220 g/mol. The number of carbonyl (C=O) groups excluding carboxylic acids is 1. The van der Waals surface area contributed by atoms with Gasteiger partial charge in [-0.15, -0.1) is 0 Å². The number of rotatable bonds is 6. The highest BCUT2D eigenvalue weighted by atomic mass is 16.1. The topological polar surface area (TPSA) is 55.1 Å². The fourth-order valence-corrected chi connectivity index (χ4v) is 1.64. The molecule has 0 fully saturated rings. The zero-order valence-corrected chi connectivity index (χ0v) is 9.99. The van der Waals surface area contributed by atoms with Crippen LogP contribution >= 0.6 is 0 Å². The fourth-order valence-electron chi connectivity index (χ4n) is 1.64. The largest absolute Gasteiger partial charge is 0.370 e. The Morgan fingerprint density at radius 2 is 2.25 bits per heavy atom. The normalized spacial score (nSPS) is 12.4. The van der Waals surface area contributed by atoms with Crippen molar-refractivity contribution in [1.82, 2.24) is 5.32 Å². The molecule has 1 amide bonds. The minimum atomic E-state index is -0.231. The number of hydrogen-bond acceptors (Lipinski definition) is 2. The Hall–Kier alpha value is -1.35. The molecule has 1 unspecified atom stereocenters. The highest BCUT2D eigenvalue weighted by molar-refractivity contribution is 5.73. The van der Waals surface area contributed by atoms with E-state index in [1.54, 1.807) is 0 Å². The molecule has 0 aliphatic rings. The minimum absolute atomic E-state index is 0.231. The summed E-state index contributed by atoms with van der Waals surface area (Å²) in [5.74, 6) is -0.231. The first-order valence-corrected chi connectivity index (χ1v) is 5.68. The summed E-state index contributed by atoms with van der Waals surface area (Å²) in [5.41, 5.74) is 7.62. The number of benzene rings is 1. The lowest BCUT2D eigenvalue weighted by Crippen LogP contribution is -2.21. The summed E-state index contributed by atoms with van der Waals surface area (Å²) in [6.07, 6.45) is 1.25. The van der Waals surface area contributed by atoms with Gasteiger partial charge in [0.25, 0.3) is 0 Å². The van der Waals surface area contributed by atoms with Crippen molar-refractivity contribution in [2.75, 3.05) is 6.54 Å². The predicted molar refractivity (Wildman–Crippen MR) is 66.0 cm³/mol. The van der Waals surface area contributed by atoms with Crippen molar-refractivity contribution in [3.8, 4) is 0 Å². The average Bonchev–Trinajstić information content (AvgIpc) is 2.24. The van der Waals surface area contributed by atoms with E-state index in [9.17, 15) is 4.79 Å². The van der Waals surface area contributed by atoms with Gasteiger partial charge in [-0.25, -0.2) is 0 Å². The van der Waals surface area contributed by atoms with E-state index in [1.165, 1.54) is 11.1 Å². The van der Waals surface area contributed by atoms with E-state index in [2.05, 4.69) is 43.4 Å². The summed E-state index contributed by atoms with van der Waals surface area (Å²) in [6, 6.07) is 8.74. The third-order valence-corrected chi connectivity index (χ3v) is 2.59. The monoisotopic (exact) mass is 220 g/mol. The molecule has 0 aliphatic heterocycles. The molecule has 0 saturated carbocycles. The molecule has 3 nitrogen and oxygen atoms in total. The molecule has 16 heavy (non-hydrogen) atoms. The minimum Gasteiger partial charge on any atom is -0.370 e. The molecule has 88 valence electrons. The van der Waals surface area contributed by atoms with Gasteiger partial charge in [0.2, 0.25) is 5.91 Å². The van der Waals surface area contributed by atoms with Gasteiger partial charge in [0.15, 0.2) is 0 Å². The van der Waals surface area contributed by atoms with Crippen molar-refractivity contribution in [2.24, 2.45) is 5.73 Å². The van der Waals surface area contributed by atoms with E-state index >= 15 is 0 Å². The molecule has 0 aliphatic carbocycles. The maximum absolute atomic E-state index is 10.6. The molecule has 0 spiro atoms. The van der Waals surface area contributed by atoms with Crippen molar-refractivity contribution >= 4 is 5.91 Å². The van der Waals surface area contributed by atoms with Crippen molar-refractivity contribution in [3.63, 3.8) is 0 Å². The number of carbonyl (C=O) groups is 1. The molecule has 0 aromatic heterocycles. The molecule has 3 heteroatoms.